The van der Waals surface area contributed by atoms with E-state index in [1.54, 1.807) is 0 Å². The van der Waals surface area contributed by atoms with Crippen LogP contribution >= 0.6 is 0 Å². The van der Waals surface area contributed by atoms with Crippen molar-refractivity contribution in [3.05, 3.63) is 60.2 Å². The number of nitrogens with zero attached hydrogens (tertiary/aromatic N) is 1. The number of hydrogen-bond donors (Lipinski definition) is 2. The lowest BCUT2D eigenvalue weighted by atomic mass is 9.96. The van der Waals surface area contributed by atoms with E-state index in [4.69, 9.17) is 11.5 Å². The predicted octanol–water partition coefficient (Wildman–Crippen LogP) is 4.27. The fourth-order valence-electron chi connectivity index (χ4n) is 3.74. The lowest BCUT2D eigenvalue weighted by molar-refractivity contribution is 0.259. The molecule has 0 aliphatic heterocycles. The van der Waals surface area contributed by atoms with Gasteiger partial charge in [-0.05, 0) is 78.6 Å². The summed E-state index contributed by atoms with van der Waals surface area (Å²) < 4.78 is 0. The molecule has 0 saturated carbocycles. The van der Waals surface area contributed by atoms with Crippen molar-refractivity contribution in [1.29, 1.82) is 0 Å². The normalized spacial score (nSPS) is 11.7. The molecular weight excluding hydrogens is 318 g/mol. The van der Waals surface area contributed by atoms with E-state index in [1.807, 2.05) is 0 Å². The van der Waals surface area contributed by atoms with Gasteiger partial charge in [0.1, 0.15) is 0 Å². The molecule has 138 valence electrons. The number of nitrogens with two attached hydrogens (primary N) is 2. The van der Waals surface area contributed by atoms with Gasteiger partial charge in [-0.3, -0.25) is 4.90 Å². The second-order valence-corrected chi connectivity index (χ2v) is 7.07. The molecule has 3 heteroatoms. The van der Waals surface area contributed by atoms with Crippen LogP contribution in [0.15, 0.2) is 54.6 Å². The summed E-state index contributed by atoms with van der Waals surface area (Å²) >= 11 is 0. The van der Waals surface area contributed by atoms with Gasteiger partial charge in [0, 0.05) is 6.54 Å². The van der Waals surface area contributed by atoms with E-state index >= 15 is 0 Å². The Hall–Kier alpha value is -1.94. The van der Waals surface area contributed by atoms with Crippen LogP contribution in [0.1, 0.15) is 31.2 Å². The highest BCUT2D eigenvalue weighted by molar-refractivity contribution is 6.02. The van der Waals surface area contributed by atoms with Crippen LogP contribution in [0.5, 0.6) is 0 Å². The molecule has 4 N–H and O–H groups in total. The highest BCUT2D eigenvalue weighted by Crippen LogP contribution is 2.29. The maximum Gasteiger partial charge on any atom is 0.0246 e. The van der Waals surface area contributed by atoms with Gasteiger partial charge in [0.05, 0.1) is 0 Å². The SMILES string of the molecule is NCCCCCN(CCCN)Cc1c2ccccc2cc2ccccc12. The van der Waals surface area contributed by atoms with Crippen molar-refractivity contribution in [2.45, 2.75) is 32.2 Å². The summed E-state index contributed by atoms with van der Waals surface area (Å²) in [5.41, 5.74) is 12.9. The summed E-state index contributed by atoms with van der Waals surface area (Å²) in [7, 11) is 0. The largest absolute Gasteiger partial charge is 0.330 e. The van der Waals surface area contributed by atoms with Gasteiger partial charge in [-0.15, -0.1) is 0 Å². The van der Waals surface area contributed by atoms with Crippen molar-refractivity contribution in [3.63, 3.8) is 0 Å². The van der Waals surface area contributed by atoms with Gasteiger partial charge in [-0.25, -0.2) is 0 Å². The van der Waals surface area contributed by atoms with Crippen LogP contribution in [0.25, 0.3) is 21.5 Å². The molecule has 0 aliphatic carbocycles. The van der Waals surface area contributed by atoms with Crippen LogP contribution in [0.2, 0.25) is 0 Å². The van der Waals surface area contributed by atoms with E-state index in [0.717, 1.165) is 45.6 Å². The highest BCUT2D eigenvalue weighted by atomic mass is 15.1. The molecule has 0 radical (unpaired) electrons. The topological polar surface area (TPSA) is 55.3 Å². The third-order valence-corrected chi connectivity index (χ3v) is 5.12. The monoisotopic (exact) mass is 349 g/mol. The Bertz CT molecular complexity index is 774. The molecule has 0 amide bonds. The number of benzene rings is 3. The molecule has 0 unspecified atom stereocenters. The molecule has 0 aliphatic rings. The predicted molar refractivity (Wildman–Crippen MR) is 113 cm³/mol. The Kier molecular flexibility index (Phi) is 7.01. The van der Waals surface area contributed by atoms with Crippen LogP contribution in [0, 0.1) is 0 Å². The third-order valence-electron chi connectivity index (χ3n) is 5.12. The second-order valence-electron chi connectivity index (χ2n) is 7.07. The molecular formula is C23H31N3. The molecule has 26 heavy (non-hydrogen) atoms. The van der Waals surface area contributed by atoms with Crippen LogP contribution < -0.4 is 11.5 Å². The van der Waals surface area contributed by atoms with Crippen molar-refractivity contribution in [3.8, 4) is 0 Å². The first-order valence-electron chi connectivity index (χ1n) is 9.85. The first-order valence-corrected chi connectivity index (χ1v) is 9.85. The maximum atomic E-state index is 5.78. The van der Waals surface area contributed by atoms with Gasteiger partial charge in [0.15, 0.2) is 0 Å². The minimum atomic E-state index is 0.746. The zero-order valence-electron chi connectivity index (χ0n) is 15.7. The van der Waals surface area contributed by atoms with E-state index in [0.29, 0.717) is 0 Å². The standard InChI is InChI=1S/C23H31N3/c24-13-6-1-7-15-26(16-8-14-25)18-23-21-11-4-2-9-19(21)17-20-10-3-5-12-22(20)23/h2-5,9-12,17H,1,6-8,13-16,18,24-25H2. The lowest BCUT2D eigenvalue weighted by Gasteiger charge is -2.24. The molecule has 0 fully saturated rings. The number of fused-ring (bicyclic) bond motifs is 2. The zero-order chi connectivity index (χ0) is 18.2. The first-order chi connectivity index (χ1) is 12.8. The van der Waals surface area contributed by atoms with Crippen molar-refractivity contribution < 1.29 is 0 Å². The van der Waals surface area contributed by atoms with Gasteiger partial charge in [0.2, 0.25) is 0 Å². The fraction of sp³-hybridized carbons (Fsp3) is 0.391. The van der Waals surface area contributed by atoms with E-state index < -0.39 is 0 Å². The second kappa shape index (κ2) is 9.67. The summed E-state index contributed by atoms with van der Waals surface area (Å²) in [4.78, 5) is 2.57. The summed E-state index contributed by atoms with van der Waals surface area (Å²) in [6.45, 7) is 4.67. The quantitative estimate of drug-likeness (QED) is 0.424. The van der Waals surface area contributed by atoms with Gasteiger partial charge < -0.3 is 11.5 Å². The molecule has 3 nitrogen and oxygen atoms in total. The molecule has 0 spiro atoms. The molecule has 3 aromatic rings. The summed E-state index contributed by atoms with van der Waals surface area (Å²) in [6.07, 6.45) is 4.55. The van der Waals surface area contributed by atoms with Crippen molar-refractivity contribution >= 4 is 21.5 Å². The summed E-state index contributed by atoms with van der Waals surface area (Å²) in [5.74, 6) is 0. The van der Waals surface area contributed by atoms with E-state index in [2.05, 4.69) is 59.5 Å². The Morgan fingerprint density at radius 3 is 1.85 bits per heavy atom. The zero-order valence-corrected chi connectivity index (χ0v) is 15.7. The molecule has 0 atom stereocenters. The van der Waals surface area contributed by atoms with Crippen molar-refractivity contribution in [2.75, 3.05) is 26.2 Å². The van der Waals surface area contributed by atoms with Crippen LogP contribution in [0.3, 0.4) is 0 Å². The fourth-order valence-corrected chi connectivity index (χ4v) is 3.74. The third kappa shape index (κ3) is 4.61. The first kappa shape index (κ1) is 18.8. The van der Waals surface area contributed by atoms with E-state index in [-0.39, 0.29) is 0 Å². The molecule has 0 saturated heterocycles. The van der Waals surface area contributed by atoms with Crippen LogP contribution in [-0.4, -0.2) is 31.1 Å². The van der Waals surface area contributed by atoms with Crippen molar-refractivity contribution in [2.24, 2.45) is 11.5 Å². The molecule has 3 rings (SSSR count). The Morgan fingerprint density at radius 1 is 0.654 bits per heavy atom. The summed E-state index contributed by atoms with van der Waals surface area (Å²) in [5, 5.41) is 5.38. The lowest BCUT2D eigenvalue weighted by Crippen LogP contribution is -2.27. The Labute approximate surface area is 157 Å². The Balaban J connectivity index is 1.91. The molecule has 0 aromatic heterocycles. The molecule has 0 heterocycles. The summed E-state index contributed by atoms with van der Waals surface area (Å²) in [6, 6.07) is 19.8. The average molecular weight is 350 g/mol. The maximum absolute atomic E-state index is 5.78. The van der Waals surface area contributed by atoms with Gasteiger partial charge in [-0.1, -0.05) is 55.0 Å². The highest BCUT2D eigenvalue weighted by Gasteiger charge is 2.12. The van der Waals surface area contributed by atoms with Crippen LogP contribution in [-0.2, 0) is 6.54 Å². The minimum absolute atomic E-state index is 0.746. The van der Waals surface area contributed by atoms with Crippen LogP contribution in [0.4, 0.5) is 0 Å². The number of unbranched alkanes of at least 4 members (excludes halogenated alkanes) is 2. The van der Waals surface area contributed by atoms with Gasteiger partial charge in [0.25, 0.3) is 0 Å². The Morgan fingerprint density at radius 2 is 1.23 bits per heavy atom. The number of hydrogen-bond acceptors (Lipinski definition) is 3. The van der Waals surface area contributed by atoms with Gasteiger partial charge >= 0.3 is 0 Å². The smallest absolute Gasteiger partial charge is 0.0246 e. The van der Waals surface area contributed by atoms with E-state index in [1.165, 1.54) is 39.9 Å². The molecule has 0 bridgehead atoms. The van der Waals surface area contributed by atoms with Crippen molar-refractivity contribution in [1.82, 2.24) is 4.90 Å². The minimum Gasteiger partial charge on any atom is -0.330 e. The van der Waals surface area contributed by atoms with Gasteiger partial charge in [-0.2, -0.15) is 0 Å². The van der Waals surface area contributed by atoms with E-state index in [9.17, 15) is 0 Å². The number of rotatable bonds is 10. The molecule has 3 aromatic carbocycles. The average Bonchev–Trinajstić information content (AvgIpc) is 2.68.